The van der Waals surface area contributed by atoms with E-state index in [1.54, 1.807) is 30.3 Å². The molecule has 1 atom stereocenters. The predicted molar refractivity (Wildman–Crippen MR) is 120 cm³/mol. The molecule has 0 saturated heterocycles. The molecule has 1 unspecified atom stereocenters. The Morgan fingerprint density at radius 3 is 2.15 bits per heavy atom. The molecule has 11 heteroatoms. The fraction of sp³-hybridized carbons (Fsp3) is 0.130. The Labute approximate surface area is 193 Å². The van der Waals surface area contributed by atoms with Gasteiger partial charge in [0, 0.05) is 12.1 Å². The van der Waals surface area contributed by atoms with E-state index >= 15 is 0 Å². The van der Waals surface area contributed by atoms with E-state index in [9.17, 15) is 26.4 Å². The number of carboxylic acids is 1. The van der Waals surface area contributed by atoms with Crippen LogP contribution in [0.2, 0.25) is 0 Å². The van der Waals surface area contributed by atoms with Gasteiger partial charge in [-0.3, -0.25) is 9.73 Å². The molecule has 0 aromatic heterocycles. The number of halogens is 3. The normalized spacial score (nSPS) is 16.3. The zero-order valence-corrected chi connectivity index (χ0v) is 18.2. The van der Waals surface area contributed by atoms with Crippen LogP contribution in [0.15, 0.2) is 88.9 Å². The van der Waals surface area contributed by atoms with Crippen molar-refractivity contribution >= 4 is 33.1 Å². The summed E-state index contributed by atoms with van der Waals surface area (Å²) in [5, 5.41) is 14.0. The lowest BCUT2D eigenvalue weighted by Gasteiger charge is -2.24. The zero-order valence-electron chi connectivity index (χ0n) is 17.4. The van der Waals surface area contributed by atoms with Crippen LogP contribution >= 0.6 is 0 Å². The van der Waals surface area contributed by atoms with Gasteiger partial charge in [-0.2, -0.15) is 18.3 Å². The minimum atomic E-state index is -4.58. The summed E-state index contributed by atoms with van der Waals surface area (Å²) in [5.74, 6) is -1.14. The van der Waals surface area contributed by atoms with Gasteiger partial charge in [0.15, 0.2) is 0 Å². The zero-order chi connectivity index (χ0) is 24.5. The lowest BCUT2D eigenvalue weighted by atomic mass is 10.0. The smallest absolute Gasteiger partial charge is 0.431 e. The second kappa shape index (κ2) is 8.82. The summed E-state index contributed by atoms with van der Waals surface area (Å²) in [4.78, 5) is 10.8. The van der Waals surface area contributed by atoms with E-state index in [-0.39, 0.29) is 22.6 Å². The Morgan fingerprint density at radius 1 is 0.971 bits per heavy atom. The number of anilines is 2. The number of carbonyl (C=O) groups is 1. The molecule has 3 aromatic carbocycles. The first-order chi connectivity index (χ1) is 16.0. The summed E-state index contributed by atoms with van der Waals surface area (Å²) in [6.07, 6.45) is -4.91. The maximum atomic E-state index is 13.4. The van der Waals surface area contributed by atoms with E-state index < -0.39 is 33.9 Å². The third kappa shape index (κ3) is 4.88. The molecule has 2 N–H and O–H groups in total. The second-order valence-corrected chi connectivity index (χ2v) is 9.18. The highest BCUT2D eigenvalue weighted by Gasteiger charge is 2.43. The molecule has 0 fully saturated rings. The molecule has 0 bridgehead atoms. The Kier molecular flexibility index (Phi) is 6.05. The van der Waals surface area contributed by atoms with Crippen molar-refractivity contribution in [2.24, 2.45) is 5.10 Å². The molecular formula is C23H18F3N3O4S. The fourth-order valence-corrected chi connectivity index (χ4v) is 4.59. The van der Waals surface area contributed by atoms with Crippen molar-refractivity contribution in [2.75, 3.05) is 9.73 Å². The molecule has 34 heavy (non-hydrogen) atoms. The number of rotatable bonds is 6. The highest BCUT2D eigenvalue weighted by atomic mass is 32.2. The van der Waals surface area contributed by atoms with Crippen molar-refractivity contribution in [2.45, 2.75) is 23.5 Å². The molecule has 176 valence electrons. The van der Waals surface area contributed by atoms with Gasteiger partial charge in [-0.15, -0.1) is 0 Å². The summed E-state index contributed by atoms with van der Waals surface area (Å²) in [6, 6.07) is 18.4. The first kappa shape index (κ1) is 23.3. The van der Waals surface area contributed by atoms with Crippen molar-refractivity contribution in [3.8, 4) is 0 Å². The van der Waals surface area contributed by atoms with E-state index in [0.29, 0.717) is 11.3 Å². The lowest BCUT2D eigenvalue weighted by Crippen LogP contribution is -2.21. The van der Waals surface area contributed by atoms with Crippen LogP contribution in [0.3, 0.4) is 0 Å². The van der Waals surface area contributed by atoms with Gasteiger partial charge in [-0.1, -0.05) is 30.3 Å². The van der Waals surface area contributed by atoms with Gasteiger partial charge in [0.05, 0.1) is 22.2 Å². The SMILES string of the molecule is O=C(O)c1ccc(NS(=O)(=O)c2ccc(N3N=C(C(F)(F)F)CC3c3ccccc3)cc2)cc1. The third-order valence-corrected chi connectivity index (χ3v) is 6.61. The predicted octanol–water partition coefficient (Wildman–Crippen LogP) is 5.06. The number of sulfonamides is 1. The topological polar surface area (TPSA) is 99.1 Å². The summed E-state index contributed by atoms with van der Waals surface area (Å²) >= 11 is 0. The lowest BCUT2D eigenvalue weighted by molar-refractivity contribution is -0.0600. The standard InChI is InChI=1S/C23H18F3N3O4S/c24-23(25,26)21-14-20(15-4-2-1-3-5-15)29(27-21)18-10-12-19(13-11-18)34(32,33)28-17-8-6-16(7-9-17)22(30)31/h1-13,20,28H,14H2,(H,30,31). The molecule has 0 aliphatic carbocycles. The highest BCUT2D eigenvalue weighted by Crippen LogP contribution is 2.39. The Morgan fingerprint density at radius 2 is 1.59 bits per heavy atom. The summed E-state index contributed by atoms with van der Waals surface area (Å²) in [7, 11) is -4.02. The second-order valence-electron chi connectivity index (χ2n) is 7.50. The Hall–Kier alpha value is -3.86. The van der Waals surface area contributed by atoms with Crippen LogP contribution in [0.25, 0.3) is 0 Å². The quantitative estimate of drug-likeness (QED) is 0.505. The van der Waals surface area contributed by atoms with E-state index in [1.165, 1.54) is 53.5 Å². The molecule has 0 amide bonds. The van der Waals surface area contributed by atoms with Crippen LogP contribution in [0.4, 0.5) is 24.5 Å². The van der Waals surface area contributed by atoms with E-state index in [0.717, 1.165) is 0 Å². The van der Waals surface area contributed by atoms with Gasteiger partial charge in [-0.25, -0.2) is 13.2 Å². The van der Waals surface area contributed by atoms with Crippen molar-refractivity contribution < 1.29 is 31.5 Å². The Balaban J connectivity index is 1.59. The molecule has 0 radical (unpaired) electrons. The largest absolute Gasteiger partial charge is 0.478 e. The van der Waals surface area contributed by atoms with Crippen molar-refractivity contribution in [3.05, 3.63) is 90.0 Å². The monoisotopic (exact) mass is 489 g/mol. The molecule has 1 aliphatic heterocycles. The Bertz CT molecular complexity index is 1320. The number of hydrogen-bond donors (Lipinski definition) is 2. The van der Waals surface area contributed by atoms with Crippen LogP contribution in [-0.2, 0) is 10.0 Å². The van der Waals surface area contributed by atoms with Crippen LogP contribution in [-0.4, -0.2) is 31.4 Å². The molecule has 1 heterocycles. The minimum absolute atomic E-state index is 0.00432. The minimum Gasteiger partial charge on any atom is -0.478 e. The van der Waals surface area contributed by atoms with Gasteiger partial charge < -0.3 is 5.11 Å². The van der Waals surface area contributed by atoms with Crippen molar-refractivity contribution in [1.82, 2.24) is 0 Å². The first-order valence-corrected chi connectivity index (χ1v) is 11.5. The van der Waals surface area contributed by atoms with Crippen molar-refractivity contribution in [3.63, 3.8) is 0 Å². The molecular weight excluding hydrogens is 471 g/mol. The van der Waals surface area contributed by atoms with E-state index in [1.807, 2.05) is 0 Å². The number of hydrazone groups is 1. The van der Waals surface area contributed by atoms with Gasteiger partial charge in [0.1, 0.15) is 5.71 Å². The average Bonchev–Trinajstić information content (AvgIpc) is 3.26. The molecule has 4 rings (SSSR count). The third-order valence-electron chi connectivity index (χ3n) is 5.22. The van der Waals surface area contributed by atoms with Crippen LogP contribution < -0.4 is 9.73 Å². The average molecular weight is 489 g/mol. The number of carboxylic acid groups (broad SMARTS) is 1. The molecule has 7 nitrogen and oxygen atoms in total. The summed E-state index contributed by atoms with van der Waals surface area (Å²) in [5.41, 5.74) is 0.206. The van der Waals surface area contributed by atoms with E-state index in [2.05, 4.69) is 9.82 Å². The number of nitrogens with one attached hydrogen (secondary N) is 1. The molecule has 0 saturated carbocycles. The number of nitrogens with zero attached hydrogens (tertiary/aromatic N) is 2. The fourth-order valence-electron chi connectivity index (χ4n) is 3.53. The van der Waals surface area contributed by atoms with Gasteiger partial charge >= 0.3 is 12.1 Å². The number of alkyl halides is 3. The van der Waals surface area contributed by atoms with Gasteiger partial charge in [-0.05, 0) is 54.1 Å². The number of hydrogen-bond acceptors (Lipinski definition) is 5. The molecule has 0 spiro atoms. The number of benzene rings is 3. The van der Waals surface area contributed by atoms with Crippen LogP contribution in [0.5, 0.6) is 0 Å². The maximum absolute atomic E-state index is 13.4. The summed E-state index contributed by atoms with van der Waals surface area (Å²) < 4.78 is 67.8. The molecule has 1 aliphatic rings. The van der Waals surface area contributed by atoms with E-state index in [4.69, 9.17) is 5.11 Å². The van der Waals surface area contributed by atoms with Crippen molar-refractivity contribution in [1.29, 1.82) is 0 Å². The summed E-state index contributed by atoms with van der Waals surface area (Å²) in [6.45, 7) is 0. The maximum Gasteiger partial charge on any atom is 0.431 e. The van der Waals surface area contributed by atoms with Gasteiger partial charge in [0.25, 0.3) is 10.0 Å². The molecule has 3 aromatic rings. The first-order valence-electron chi connectivity index (χ1n) is 10.00. The van der Waals surface area contributed by atoms with Gasteiger partial charge in [0.2, 0.25) is 0 Å². The number of aromatic carboxylic acids is 1. The highest BCUT2D eigenvalue weighted by molar-refractivity contribution is 7.92. The van der Waals surface area contributed by atoms with Crippen LogP contribution in [0.1, 0.15) is 28.4 Å². The van der Waals surface area contributed by atoms with Crippen LogP contribution in [0, 0.1) is 0 Å².